The summed E-state index contributed by atoms with van der Waals surface area (Å²) in [6, 6.07) is 10.8. The van der Waals surface area contributed by atoms with E-state index in [4.69, 9.17) is 30.6 Å². The third kappa shape index (κ3) is 2.69. The van der Waals surface area contributed by atoms with Gasteiger partial charge in [-0.1, -0.05) is 23.6 Å². The average Bonchev–Trinajstić information content (AvgIpc) is 2.30. The van der Waals surface area contributed by atoms with Crippen molar-refractivity contribution in [1.82, 2.24) is 0 Å². The van der Waals surface area contributed by atoms with Gasteiger partial charge in [-0.2, -0.15) is 0 Å². The fourth-order valence-corrected chi connectivity index (χ4v) is 1.93. The Morgan fingerprint density at radius 1 is 1.28 bits per heavy atom. The van der Waals surface area contributed by atoms with E-state index in [9.17, 15) is 0 Å². The molecule has 18 heavy (non-hydrogen) atoms. The summed E-state index contributed by atoms with van der Waals surface area (Å²) in [5.74, 6) is 3.69. The second-order valence-electron chi connectivity index (χ2n) is 3.93. The summed E-state index contributed by atoms with van der Waals surface area (Å²) in [5.41, 5.74) is 2.09. The lowest BCUT2D eigenvalue weighted by molar-refractivity contribution is 0.486. The minimum atomic E-state index is 0.456. The van der Waals surface area contributed by atoms with Gasteiger partial charge in [0.05, 0.1) is 0 Å². The summed E-state index contributed by atoms with van der Waals surface area (Å²) in [6.45, 7) is 1.94. The molecule has 0 aliphatic heterocycles. The second-order valence-corrected chi connectivity index (χ2v) is 4.36. The molecule has 0 spiro atoms. The summed E-state index contributed by atoms with van der Waals surface area (Å²) in [7, 11) is 5.92. The van der Waals surface area contributed by atoms with Crippen LogP contribution in [0.5, 0.6) is 11.5 Å². The van der Waals surface area contributed by atoms with Crippen molar-refractivity contribution in [2.45, 2.75) is 6.92 Å². The van der Waals surface area contributed by atoms with Gasteiger partial charge in [0.25, 0.3) is 0 Å². The van der Waals surface area contributed by atoms with Crippen molar-refractivity contribution in [3.05, 3.63) is 52.5 Å². The van der Waals surface area contributed by atoms with Gasteiger partial charge in [0.1, 0.15) is 19.3 Å². The smallest absolute Gasteiger partial charge is 0.129 e. The zero-order chi connectivity index (χ0) is 13.1. The number of aryl methyl sites for hydroxylation is 1. The maximum absolute atomic E-state index is 5.97. The van der Waals surface area contributed by atoms with Crippen molar-refractivity contribution in [3.8, 4) is 23.8 Å². The Balaban J connectivity index is 2.37. The molecule has 0 aliphatic rings. The second kappa shape index (κ2) is 5.20. The molecule has 3 heteroatoms. The SMILES string of the molecule is [B]c1c(C#C)cccc1Oc1cc(C)cc(Cl)c1. The van der Waals surface area contributed by atoms with Gasteiger partial charge in [-0.15, -0.1) is 6.42 Å². The first-order chi connectivity index (χ1) is 8.60. The van der Waals surface area contributed by atoms with E-state index < -0.39 is 0 Å². The molecule has 0 N–H and O–H groups in total. The Morgan fingerprint density at radius 3 is 2.72 bits per heavy atom. The lowest BCUT2D eigenvalue weighted by atomic mass is 9.90. The molecule has 0 saturated carbocycles. The van der Waals surface area contributed by atoms with E-state index in [1.807, 2.05) is 19.1 Å². The molecule has 1 nitrogen and oxygen atoms in total. The van der Waals surface area contributed by atoms with Gasteiger partial charge < -0.3 is 4.74 Å². The lowest BCUT2D eigenvalue weighted by Crippen LogP contribution is -2.10. The first-order valence-corrected chi connectivity index (χ1v) is 5.78. The quantitative estimate of drug-likeness (QED) is 0.589. The molecule has 0 atom stereocenters. The Labute approximate surface area is 113 Å². The first kappa shape index (κ1) is 12.6. The average molecular weight is 253 g/mol. The molecule has 2 rings (SSSR count). The molecule has 0 saturated heterocycles. The van der Waals surface area contributed by atoms with E-state index in [2.05, 4.69) is 5.92 Å². The predicted molar refractivity (Wildman–Crippen MR) is 76.0 cm³/mol. The van der Waals surface area contributed by atoms with Gasteiger partial charge in [-0.3, -0.25) is 0 Å². The molecule has 2 aromatic rings. The third-order valence-corrected chi connectivity index (χ3v) is 2.68. The molecule has 0 heterocycles. The Morgan fingerprint density at radius 2 is 2.06 bits per heavy atom. The van der Waals surface area contributed by atoms with Crippen molar-refractivity contribution in [3.63, 3.8) is 0 Å². The van der Waals surface area contributed by atoms with Crippen LogP contribution in [0.2, 0.25) is 5.02 Å². The Hall–Kier alpha value is -1.85. The molecule has 86 valence electrons. The van der Waals surface area contributed by atoms with Crippen molar-refractivity contribution in [2.24, 2.45) is 0 Å². The number of hydrogen-bond acceptors (Lipinski definition) is 1. The van der Waals surface area contributed by atoms with Crippen LogP contribution in [0.3, 0.4) is 0 Å². The van der Waals surface area contributed by atoms with Crippen LogP contribution >= 0.6 is 11.6 Å². The Kier molecular flexibility index (Phi) is 3.65. The van der Waals surface area contributed by atoms with Crippen LogP contribution < -0.4 is 10.2 Å². The molecule has 2 aromatic carbocycles. The molecule has 0 aliphatic carbocycles. The summed E-state index contributed by atoms with van der Waals surface area (Å²) in [6.07, 6.45) is 5.35. The van der Waals surface area contributed by atoms with E-state index in [0.717, 1.165) is 5.56 Å². The van der Waals surface area contributed by atoms with Gasteiger partial charge in [0.15, 0.2) is 0 Å². The summed E-state index contributed by atoms with van der Waals surface area (Å²) < 4.78 is 5.71. The van der Waals surface area contributed by atoms with Crippen LogP contribution in [0.25, 0.3) is 0 Å². The number of ether oxygens (including phenoxy) is 1. The Bertz CT molecular complexity index is 609. The highest BCUT2D eigenvalue weighted by atomic mass is 35.5. The van der Waals surface area contributed by atoms with E-state index in [-0.39, 0.29) is 0 Å². The highest BCUT2D eigenvalue weighted by Gasteiger charge is 2.05. The van der Waals surface area contributed by atoms with Crippen LogP contribution in [-0.4, -0.2) is 7.85 Å². The molecule has 0 bridgehead atoms. The first-order valence-electron chi connectivity index (χ1n) is 5.40. The van der Waals surface area contributed by atoms with Crippen LogP contribution in [0.1, 0.15) is 11.1 Å². The molecular weight excluding hydrogens is 242 g/mol. The van der Waals surface area contributed by atoms with E-state index in [1.54, 1.807) is 24.3 Å². The predicted octanol–water partition coefficient (Wildman–Crippen LogP) is 3.22. The number of halogens is 1. The van der Waals surface area contributed by atoms with E-state index in [1.165, 1.54) is 0 Å². The monoisotopic (exact) mass is 252 g/mol. The number of benzene rings is 2. The van der Waals surface area contributed by atoms with E-state index >= 15 is 0 Å². The van der Waals surface area contributed by atoms with Crippen molar-refractivity contribution in [2.75, 3.05) is 0 Å². The molecule has 0 fully saturated rings. The van der Waals surface area contributed by atoms with Crippen LogP contribution in [0.15, 0.2) is 36.4 Å². The minimum absolute atomic E-state index is 0.456. The normalized spacial score (nSPS) is 9.83. The minimum Gasteiger partial charge on any atom is -0.458 e. The molecule has 2 radical (unpaired) electrons. The number of hydrogen-bond donors (Lipinski definition) is 0. The van der Waals surface area contributed by atoms with Crippen molar-refractivity contribution in [1.29, 1.82) is 0 Å². The van der Waals surface area contributed by atoms with Crippen LogP contribution in [0.4, 0.5) is 0 Å². The number of rotatable bonds is 2. The van der Waals surface area contributed by atoms with Gasteiger partial charge in [0, 0.05) is 10.6 Å². The molecule has 0 aromatic heterocycles. The summed E-state index contributed by atoms with van der Waals surface area (Å²) in [5, 5.41) is 0.622. The van der Waals surface area contributed by atoms with Crippen LogP contribution in [-0.2, 0) is 0 Å². The largest absolute Gasteiger partial charge is 0.458 e. The molecular formula is C15H10BClO. The highest BCUT2D eigenvalue weighted by Crippen LogP contribution is 2.25. The van der Waals surface area contributed by atoms with Gasteiger partial charge in [-0.05, 0) is 48.3 Å². The standard InChI is InChI=1S/C15H10BClO/c1-3-11-5-4-6-14(15(11)16)18-13-8-10(2)7-12(17)9-13/h1,4-9H,2H3. The maximum Gasteiger partial charge on any atom is 0.129 e. The van der Waals surface area contributed by atoms with Crippen molar-refractivity contribution < 1.29 is 4.74 Å². The number of terminal acetylenes is 1. The zero-order valence-corrected chi connectivity index (χ0v) is 10.7. The van der Waals surface area contributed by atoms with Gasteiger partial charge in [-0.25, -0.2) is 0 Å². The van der Waals surface area contributed by atoms with Crippen LogP contribution in [0, 0.1) is 19.3 Å². The fourth-order valence-electron chi connectivity index (χ4n) is 1.65. The third-order valence-electron chi connectivity index (χ3n) is 2.47. The zero-order valence-electron chi connectivity index (χ0n) is 9.91. The molecule has 0 unspecified atom stereocenters. The maximum atomic E-state index is 5.97. The van der Waals surface area contributed by atoms with Gasteiger partial charge in [0.2, 0.25) is 0 Å². The lowest BCUT2D eigenvalue weighted by Gasteiger charge is -2.11. The molecule has 0 amide bonds. The highest BCUT2D eigenvalue weighted by molar-refractivity contribution is 6.35. The van der Waals surface area contributed by atoms with Gasteiger partial charge >= 0.3 is 0 Å². The summed E-state index contributed by atoms with van der Waals surface area (Å²) in [4.78, 5) is 0. The van der Waals surface area contributed by atoms with E-state index in [0.29, 0.717) is 27.5 Å². The fraction of sp³-hybridized carbons (Fsp3) is 0.0667. The summed E-state index contributed by atoms with van der Waals surface area (Å²) >= 11 is 5.97. The van der Waals surface area contributed by atoms with Crippen molar-refractivity contribution >= 4 is 24.9 Å². The topological polar surface area (TPSA) is 9.23 Å².